The third kappa shape index (κ3) is 2.61. The summed E-state index contributed by atoms with van der Waals surface area (Å²) in [5, 5.41) is 3.08. The third-order valence-electron chi connectivity index (χ3n) is 3.76. The van der Waals surface area contributed by atoms with E-state index in [1.165, 1.54) is 0 Å². The number of fused-ring (bicyclic) bond motifs is 1. The molecule has 3 N–H and O–H groups in total. The van der Waals surface area contributed by atoms with Crippen molar-refractivity contribution >= 4 is 11.6 Å². The number of pyridine rings is 1. The minimum Gasteiger partial charge on any atom is -0.349 e. The molecule has 0 radical (unpaired) electrons. The van der Waals surface area contributed by atoms with E-state index in [-0.39, 0.29) is 11.9 Å². The highest BCUT2D eigenvalue weighted by atomic mass is 16.1. The van der Waals surface area contributed by atoms with Crippen LogP contribution in [-0.2, 0) is 0 Å². The Morgan fingerprint density at radius 2 is 2.11 bits per heavy atom. The number of hydrogen-bond donors (Lipinski definition) is 2. The van der Waals surface area contributed by atoms with E-state index < -0.39 is 0 Å². The fourth-order valence-corrected chi connectivity index (χ4v) is 2.59. The zero-order chi connectivity index (χ0) is 13.2. The fraction of sp³-hybridized carbons (Fsp3) is 0.429. The van der Waals surface area contributed by atoms with Crippen LogP contribution >= 0.6 is 0 Å². The summed E-state index contributed by atoms with van der Waals surface area (Å²) in [6, 6.07) is 4.22. The SMILES string of the molecule is NC1CCC(NC(=O)c2ccc3nccn3c2)CC1. The van der Waals surface area contributed by atoms with Crippen LogP contribution in [0.25, 0.3) is 5.65 Å². The molecule has 1 aliphatic rings. The Morgan fingerprint density at radius 3 is 2.89 bits per heavy atom. The standard InChI is InChI=1S/C14H18N4O/c15-11-2-4-12(5-3-11)17-14(19)10-1-6-13-16-7-8-18(13)9-10/h1,6-9,11-12H,2-5,15H2,(H,17,19). The number of aromatic nitrogens is 2. The second-order valence-corrected chi connectivity index (χ2v) is 5.20. The minimum atomic E-state index is -0.0175. The van der Waals surface area contributed by atoms with Gasteiger partial charge in [-0.15, -0.1) is 0 Å². The summed E-state index contributed by atoms with van der Waals surface area (Å²) < 4.78 is 1.85. The van der Waals surface area contributed by atoms with Crippen LogP contribution in [0.2, 0.25) is 0 Å². The largest absolute Gasteiger partial charge is 0.349 e. The van der Waals surface area contributed by atoms with Crippen molar-refractivity contribution < 1.29 is 4.79 Å². The van der Waals surface area contributed by atoms with E-state index in [0.717, 1.165) is 31.3 Å². The first-order valence-corrected chi connectivity index (χ1v) is 6.71. The van der Waals surface area contributed by atoms with Gasteiger partial charge in [0.25, 0.3) is 5.91 Å². The summed E-state index contributed by atoms with van der Waals surface area (Å²) in [4.78, 5) is 16.3. The van der Waals surface area contributed by atoms with Gasteiger partial charge in [-0.1, -0.05) is 0 Å². The summed E-state index contributed by atoms with van der Waals surface area (Å²) >= 11 is 0. The van der Waals surface area contributed by atoms with Gasteiger partial charge in [-0.3, -0.25) is 4.79 Å². The van der Waals surface area contributed by atoms with Crippen molar-refractivity contribution in [1.82, 2.24) is 14.7 Å². The van der Waals surface area contributed by atoms with E-state index in [2.05, 4.69) is 10.3 Å². The molecule has 0 atom stereocenters. The molecule has 1 aliphatic carbocycles. The van der Waals surface area contributed by atoms with Crippen LogP contribution < -0.4 is 11.1 Å². The van der Waals surface area contributed by atoms with Crippen LogP contribution in [0, 0.1) is 0 Å². The number of amides is 1. The van der Waals surface area contributed by atoms with E-state index >= 15 is 0 Å². The van der Waals surface area contributed by atoms with E-state index in [1.807, 2.05) is 28.9 Å². The minimum absolute atomic E-state index is 0.0175. The number of nitrogens with one attached hydrogen (secondary N) is 1. The molecule has 1 fully saturated rings. The van der Waals surface area contributed by atoms with Gasteiger partial charge in [-0.25, -0.2) is 4.98 Å². The lowest BCUT2D eigenvalue weighted by molar-refractivity contribution is 0.0925. The maximum Gasteiger partial charge on any atom is 0.252 e. The summed E-state index contributed by atoms with van der Waals surface area (Å²) in [7, 11) is 0. The predicted octanol–water partition coefficient (Wildman–Crippen LogP) is 1.33. The molecular weight excluding hydrogens is 240 g/mol. The molecule has 0 bridgehead atoms. The Morgan fingerprint density at radius 1 is 1.32 bits per heavy atom. The normalized spacial score (nSPS) is 23.4. The van der Waals surface area contributed by atoms with Crippen molar-refractivity contribution in [3.8, 4) is 0 Å². The predicted molar refractivity (Wildman–Crippen MR) is 72.9 cm³/mol. The molecule has 19 heavy (non-hydrogen) atoms. The molecule has 0 aliphatic heterocycles. The summed E-state index contributed by atoms with van der Waals surface area (Å²) in [6.07, 6.45) is 9.30. The average Bonchev–Trinajstić information content (AvgIpc) is 2.88. The Hall–Kier alpha value is -1.88. The average molecular weight is 258 g/mol. The lowest BCUT2D eigenvalue weighted by Crippen LogP contribution is -2.40. The van der Waals surface area contributed by atoms with Gasteiger partial charge in [-0.2, -0.15) is 0 Å². The molecule has 3 rings (SSSR count). The molecule has 0 spiro atoms. The third-order valence-corrected chi connectivity index (χ3v) is 3.76. The van der Waals surface area contributed by atoms with Gasteiger partial charge in [-0.05, 0) is 37.8 Å². The topological polar surface area (TPSA) is 72.4 Å². The van der Waals surface area contributed by atoms with E-state index in [9.17, 15) is 4.79 Å². The van der Waals surface area contributed by atoms with Crippen molar-refractivity contribution in [3.05, 3.63) is 36.3 Å². The molecule has 2 heterocycles. The van der Waals surface area contributed by atoms with Crippen LogP contribution in [0.3, 0.4) is 0 Å². The summed E-state index contributed by atoms with van der Waals surface area (Å²) in [5.41, 5.74) is 7.38. The Bertz CT molecular complexity index is 584. The zero-order valence-corrected chi connectivity index (χ0v) is 10.7. The molecule has 100 valence electrons. The second kappa shape index (κ2) is 5.01. The van der Waals surface area contributed by atoms with E-state index in [1.54, 1.807) is 6.20 Å². The number of rotatable bonds is 2. The van der Waals surface area contributed by atoms with Crippen LogP contribution in [0.15, 0.2) is 30.7 Å². The van der Waals surface area contributed by atoms with Gasteiger partial charge >= 0.3 is 0 Å². The Kier molecular flexibility index (Phi) is 3.21. The molecule has 0 saturated heterocycles. The number of nitrogens with zero attached hydrogens (tertiary/aromatic N) is 2. The molecule has 2 aromatic rings. The maximum atomic E-state index is 12.2. The van der Waals surface area contributed by atoms with Crippen molar-refractivity contribution in [2.45, 2.75) is 37.8 Å². The van der Waals surface area contributed by atoms with Crippen molar-refractivity contribution in [3.63, 3.8) is 0 Å². The quantitative estimate of drug-likeness (QED) is 0.853. The molecule has 1 amide bonds. The molecule has 5 nitrogen and oxygen atoms in total. The summed E-state index contributed by atoms with van der Waals surface area (Å²) in [6.45, 7) is 0. The van der Waals surface area contributed by atoms with Crippen LogP contribution in [-0.4, -0.2) is 27.4 Å². The monoisotopic (exact) mass is 258 g/mol. The van der Waals surface area contributed by atoms with Gasteiger partial charge < -0.3 is 15.5 Å². The number of carbonyl (C=O) groups is 1. The van der Waals surface area contributed by atoms with Gasteiger partial charge in [0.05, 0.1) is 5.56 Å². The van der Waals surface area contributed by atoms with Gasteiger partial charge in [0.15, 0.2) is 0 Å². The maximum absolute atomic E-state index is 12.2. The molecule has 0 unspecified atom stereocenters. The number of imidazole rings is 1. The fourth-order valence-electron chi connectivity index (χ4n) is 2.59. The van der Waals surface area contributed by atoms with E-state index in [4.69, 9.17) is 5.73 Å². The number of hydrogen-bond acceptors (Lipinski definition) is 3. The van der Waals surface area contributed by atoms with Crippen molar-refractivity contribution in [2.24, 2.45) is 5.73 Å². The molecule has 0 aromatic carbocycles. The lowest BCUT2D eigenvalue weighted by atomic mass is 9.92. The number of nitrogens with two attached hydrogens (primary N) is 1. The Balaban J connectivity index is 1.69. The highest BCUT2D eigenvalue weighted by Crippen LogP contribution is 2.17. The highest BCUT2D eigenvalue weighted by molar-refractivity contribution is 5.94. The van der Waals surface area contributed by atoms with E-state index in [0.29, 0.717) is 11.6 Å². The van der Waals surface area contributed by atoms with Crippen molar-refractivity contribution in [1.29, 1.82) is 0 Å². The Labute approximate surface area is 111 Å². The smallest absolute Gasteiger partial charge is 0.252 e. The van der Waals surface area contributed by atoms with Crippen molar-refractivity contribution in [2.75, 3.05) is 0 Å². The zero-order valence-electron chi connectivity index (χ0n) is 10.7. The summed E-state index contributed by atoms with van der Waals surface area (Å²) in [5.74, 6) is -0.0175. The number of carbonyl (C=O) groups excluding carboxylic acids is 1. The van der Waals surface area contributed by atoms with Crippen LogP contribution in [0.5, 0.6) is 0 Å². The van der Waals surface area contributed by atoms with Crippen LogP contribution in [0.4, 0.5) is 0 Å². The molecule has 1 saturated carbocycles. The first kappa shape index (κ1) is 12.2. The molecular formula is C14H18N4O. The second-order valence-electron chi connectivity index (χ2n) is 5.20. The van der Waals surface area contributed by atoms with Gasteiger partial charge in [0, 0.05) is 30.7 Å². The molecule has 2 aromatic heterocycles. The highest BCUT2D eigenvalue weighted by Gasteiger charge is 2.20. The molecule has 5 heteroatoms. The first-order chi connectivity index (χ1) is 9.22. The van der Waals surface area contributed by atoms with Gasteiger partial charge in [0.1, 0.15) is 5.65 Å². The lowest BCUT2D eigenvalue weighted by Gasteiger charge is -2.26. The van der Waals surface area contributed by atoms with Crippen LogP contribution in [0.1, 0.15) is 36.0 Å². The first-order valence-electron chi connectivity index (χ1n) is 6.71. The van der Waals surface area contributed by atoms with Gasteiger partial charge in [0.2, 0.25) is 0 Å².